The molecule has 0 unspecified atom stereocenters. The van der Waals surface area contributed by atoms with Crippen LogP contribution in [0.5, 0.6) is 11.5 Å². The summed E-state index contributed by atoms with van der Waals surface area (Å²) in [5.41, 5.74) is 4.86. The Hall–Kier alpha value is -5.40. The lowest BCUT2D eigenvalue weighted by atomic mass is 10.1. The lowest BCUT2D eigenvalue weighted by molar-refractivity contribution is -0.137. The molecule has 5 aromatic carbocycles. The average Bonchev–Trinajstić information content (AvgIpc) is 3.10. The fraction of sp³-hybridized carbons (Fsp3) is 0.200. The summed E-state index contributed by atoms with van der Waals surface area (Å²) in [6.45, 7) is 3.59. The summed E-state index contributed by atoms with van der Waals surface area (Å²) in [6.07, 6.45) is -0.153. The maximum atomic E-state index is 13.6. The largest absolute Gasteiger partial charge is 0.492 e. The summed E-state index contributed by atoms with van der Waals surface area (Å²) < 4.78 is 12.1. The number of aliphatic carboxylic acids is 1. The molecule has 0 aliphatic heterocycles. The van der Waals surface area contributed by atoms with Crippen molar-refractivity contribution in [2.24, 2.45) is 0 Å². The van der Waals surface area contributed by atoms with Crippen molar-refractivity contribution >= 4 is 11.9 Å². The minimum absolute atomic E-state index is 0.0835. The topological polar surface area (TPSA) is 79.3 Å². The maximum absolute atomic E-state index is 13.6. The van der Waals surface area contributed by atoms with Crippen LogP contribution in [0.15, 0.2) is 140 Å². The van der Waals surface area contributed by atoms with Crippen LogP contribution in [-0.2, 0) is 31.0 Å². The van der Waals surface area contributed by atoms with Gasteiger partial charge in [-0.05, 0) is 58.7 Å². The van der Waals surface area contributed by atoms with Gasteiger partial charge in [-0.1, -0.05) is 103 Å². The summed E-state index contributed by atoms with van der Waals surface area (Å²) in [6, 6.07) is 45.3. The first kappa shape index (κ1) is 33.0. The minimum Gasteiger partial charge on any atom is -0.492 e. The van der Waals surface area contributed by atoms with Gasteiger partial charge >= 0.3 is 5.97 Å². The van der Waals surface area contributed by atoms with E-state index in [9.17, 15) is 14.7 Å². The van der Waals surface area contributed by atoms with Crippen LogP contribution >= 0.6 is 0 Å². The number of carbonyl (C=O) groups excluding carboxylic acids is 1. The van der Waals surface area contributed by atoms with E-state index < -0.39 is 5.97 Å². The lowest BCUT2D eigenvalue weighted by Gasteiger charge is -2.23. The van der Waals surface area contributed by atoms with Gasteiger partial charge in [-0.2, -0.15) is 0 Å². The van der Waals surface area contributed by atoms with Gasteiger partial charge < -0.3 is 19.5 Å². The number of benzene rings is 5. The number of nitrogens with zero attached hydrogens (tertiary/aromatic N) is 2. The van der Waals surface area contributed by atoms with Crippen LogP contribution in [0.25, 0.3) is 0 Å². The molecule has 5 aromatic rings. The Morgan fingerprint density at radius 3 is 1.72 bits per heavy atom. The second kappa shape index (κ2) is 17.3. The lowest BCUT2D eigenvalue weighted by Crippen LogP contribution is -2.32. The molecule has 1 N–H and O–H groups in total. The van der Waals surface area contributed by atoms with E-state index in [-0.39, 0.29) is 25.4 Å². The zero-order valence-electron chi connectivity index (χ0n) is 26.4. The summed E-state index contributed by atoms with van der Waals surface area (Å²) in [4.78, 5) is 28.9. The third-order valence-corrected chi connectivity index (χ3v) is 7.68. The van der Waals surface area contributed by atoms with E-state index in [4.69, 9.17) is 9.47 Å². The van der Waals surface area contributed by atoms with Crippen LogP contribution in [0.1, 0.15) is 39.0 Å². The summed E-state index contributed by atoms with van der Waals surface area (Å²) in [5, 5.41) is 9.35. The molecule has 0 radical (unpaired) electrons. The molecule has 0 spiro atoms. The monoisotopic (exact) mass is 628 g/mol. The van der Waals surface area contributed by atoms with Gasteiger partial charge in [-0.15, -0.1) is 0 Å². The fourth-order valence-corrected chi connectivity index (χ4v) is 5.24. The average molecular weight is 629 g/mol. The van der Waals surface area contributed by atoms with Crippen LogP contribution in [0.4, 0.5) is 0 Å². The molecule has 0 aliphatic rings. The molecule has 7 heteroatoms. The number of ether oxygens (including phenoxy) is 2. The van der Waals surface area contributed by atoms with Gasteiger partial charge in [-0.3, -0.25) is 14.5 Å². The number of carboxylic acid groups (broad SMARTS) is 1. The molecule has 0 aromatic heterocycles. The van der Waals surface area contributed by atoms with Crippen molar-refractivity contribution in [2.45, 2.75) is 32.7 Å². The van der Waals surface area contributed by atoms with Crippen molar-refractivity contribution in [2.75, 3.05) is 19.7 Å². The molecule has 5 rings (SSSR count). The first-order valence-electron chi connectivity index (χ1n) is 15.8. The Morgan fingerprint density at radius 2 is 1.13 bits per heavy atom. The number of rotatable bonds is 17. The zero-order valence-corrected chi connectivity index (χ0v) is 26.4. The molecule has 1 amide bonds. The number of amides is 1. The maximum Gasteiger partial charge on any atom is 0.305 e. The quantitative estimate of drug-likeness (QED) is 0.115. The van der Waals surface area contributed by atoms with Crippen LogP contribution in [0, 0.1) is 0 Å². The van der Waals surface area contributed by atoms with Crippen LogP contribution in [0.3, 0.4) is 0 Å². The van der Waals surface area contributed by atoms with Crippen molar-refractivity contribution in [3.63, 3.8) is 0 Å². The van der Waals surface area contributed by atoms with Gasteiger partial charge in [0.25, 0.3) is 5.91 Å². The molecule has 7 nitrogen and oxygen atoms in total. The first-order valence-corrected chi connectivity index (χ1v) is 15.8. The van der Waals surface area contributed by atoms with Gasteiger partial charge in [-0.25, -0.2) is 0 Å². The van der Waals surface area contributed by atoms with Crippen molar-refractivity contribution in [3.05, 3.63) is 167 Å². The van der Waals surface area contributed by atoms with Crippen molar-refractivity contribution in [1.82, 2.24) is 9.80 Å². The van der Waals surface area contributed by atoms with Gasteiger partial charge in [0.05, 0.1) is 6.42 Å². The second-order valence-electron chi connectivity index (χ2n) is 11.3. The van der Waals surface area contributed by atoms with Crippen molar-refractivity contribution in [1.29, 1.82) is 0 Å². The standard InChI is InChI=1S/C40H40N2O5/c43-39(44)23-24-42(30-35-17-10-18-38(27-35)47-31-34-15-8-3-9-16-34)40(45)36-19-21-37(22-20-36)46-26-25-41(28-32-11-4-1-5-12-32)29-33-13-6-2-7-14-33/h1-22,27H,23-26,28-31H2,(H,43,44). The molecule has 0 saturated heterocycles. The van der Waals surface area contributed by atoms with E-state index in [1.165, 1.54) is 11.1 Å². The molecule has 0 aliphatic carbocycles. The molecule has 240 valence electrons. The van der Waals surface area contributed by atoms with E-state index in [1.807, 2.05) is 66.7 Å². The minimum atomic E-state index is -0.958. The molecule has 0 atom stereocenters. The smallest absolute Gasteiger partial charge is 0.305 e. The van der Waals surface area contributed by atoms with E-state index in [0.29, 0.717) is 30.3 Å². The Labute approximate surface area is 276 Å². The van der Waals surface area contributed by atoms with Crippen LogP contribution < -0.4 is 9.47 Å². The number of carboxylic acids is 1. The normalized spacial score (nSPS) is 10.8. The zero-order chi connectivity index (χ0) is 32.7. The molecule has 0 heterocycles. The molecule has 0 bridgehead atoms. The third-order valence-electron chi connectivity index (χ3n) is 7.68. The highest BCUT2D eigenvalue weighted by Gasteiger charge is 2.18. The van der Waals surface area contributed by atoms with Gasteiger partial charge in [0.15, 0.2) is 0 Å². The first-order chi connectivity index (χ1) is 23.0. The van der Waals surface area contributed by atoms with Gasteiger partial charge in [0.1, 0.15) is 24.7 Å². The van der Waals surface area contributed by atoms with E-state index >= 15 is 0 Å². The Kier molecular flexibility index (Phi) is 12.2. The van der Waals surface area contributed by atoms with E-state index in [1.54, 1.807) is 29.2 Å². The van der Waals surface area contributed by atoms with Crippen molar-refractivity contribution in [3.8, 4) is 11.5 Å². The SMILES string of the molecule is O=C(O)CCN(Cc1cccc(OCc2ccccc2)c1)C(=O)c1ccc(OCCN(Cc2ccccc2)Cc2ccccc2)cc1. The van der Waals surface area contributed by atoms with Gasteiger partial charge in [0, 0.05) is 38.3 Å². The number of hydrogen-bond acceptors (Lipinski definition) is 5. The molecular formula is C40H40N2O5. The number of carbonyl (C=O) groups is 2. The second-order valence-corrected chi connectivity index (χ2v) is 11.3. The Bertz CT molecular complexity index is 1640. The van der Waals surface area contributed by atoms with Gasteiger partial charge in [0.2, 0.25) is 0 Å². The van der Waals surface area contributed by atoms with E-state index in [2.05, 4.69) is 53.4 Å². The van der Waals surface area contributed by atoms with Crippen molar-refractivity contribution < 1.29 is 24.2 Å². The molecule has 0 saturated carbocycles. The van der Waals surface area contributed by atoms with E-state index in [0.717, 1.165) is 30.8 Å². The summed E-state index contributed by atoms with van der Waals surface area (Å²) in [5.74, 6) is 0.149. The molecular weight excluding hydrogens is 588 g/mol. The van der Waals surface area contributed by atoms with Crippen LogP contribution in [-0.4, -0.2) is 46.5 Å². The molecule has 47 heavy (non-hydrogen) atoms. The Morgan fingerprint density at radius 1 is 0.553 bits per heavy atom. The highest BCUT2D eigenvalue weighted by molar-refractivity contribution is 5.94. The summed E-state index contributed by atoms with van der Waals surface area (Å²) in [7, 11) is 0. The number of hydrogen-bond donors (Lipinski definition) is 1. The predicted molar refractivity (Wildman–Crippen MR) is 183 cm³/mol. The molecule has 0 fully saturated rings. The highest BCUT2D eigenvalue weighted by atomic mass is 16.5. The Balaban J connectivity index is 1.19. The predicted octanol–water partition coefficient (Wildman–Crippen LogP) is 7.46. The van der Waals surface area contributed by atoms with Crippen LogP contribution in [0.2, 0.25) is 0 Å². The summed E-state index contributed by atoms with van der Waals surface area (Å²) >= 11 is 0. The highest BCUT2D eigenvalue weighted by Crippen LogP contribution is 2.20. The third kappa shape index (κ3) is 10.9. The fourth-order valence-electron chi connectivity index (χ4n) is 5.24.